The van der Waals surface area contributed by atoms with E-state index < -0.39 is 24.4 Å². The molecule has 0 bridgehead atoms. The van der Waals surface area contributed by atoms with Crippen LogP contribution in [0, 0.1) is 5.92 Å². The highest BCUT2D eigenvalue weighted by Gasteiger charge is 2.31. The van der Waals surface area contributed by atoms with Gasteiger partial charge in [0.1, 0.15) is 30.4 Å². The van der Waals surface area contributed by atoms with Gasteiger partial charge in [0, 0.05) is 6.42 Å². The molecular weight excluding hydrogens is 321 g/mol. The second-order valence-corrected chi connectivity index (χ2v) is 5.55. The topological polar surface area (TPSA) is 43.2 Å². The number of ether oxygens (including phenoxy) is 2. The van der Waals surface area contributed by atoms with Crippen molar-refractivity contribution in [3.8, 4) is 0 Å². The zero-order valence-corrected chi connectivity index (χ0v) is 14.4. The molecule has 0 N–H and O–H groups in total. The van der Waals surface area contributed by atoms with Gasteiger partial charge in [-0.15, -0.1) is 0 Å². The van der Waals surface area contributed by atoms with E-state index in [1.807, 2.05) is 13.8 Å². The van der Waals surface area contributed by atoms with Crippen molar-refractivity contribution in [1.82, 2.24) is 0 Å². The summed E-state index contributed by atoms with van der Waals surface area (Å²) in [5.41, 5.74) is -0.0721. The van der Waals surface area contributed by atoms with Crippen LogP contribution in [-0.4, -0.2) is 44.8 Å². The number of allylic oxidation sites excluding steroid dienone is 4. The third-order valence-electron chi connectivity index (χ3n) is 3.49. The zero-order chi connectivity index (χ0) is 18.3. The molecule has 0 aromatic rings. The predicted octanol–water partition coefficient (Wildman–Crippen LogP) is 4.11. The van der Waals surface area contributed by atoms with E-state index in [0.717, 1.165) is 12.2 Å². The third kappa shape index (κ3) is 4.97. The maximum Gasteiger partial charge on any atom is 0.209 e. The van der Waals surface area contributed by atoms with Crippen LogP contribution in [0.3, 0.4) is 0 Å². The molecule has 134 valence electrons. The summed E-state index contributed by atoms with van der Waals surface area (Å²) in [5, 5.41) is 0. The van der Waals surface area contributed by atoms with E-state index in [1.54, 1.807) is 0 Å². The lowest BCUT2D eigenvalue weighted by atomic mass is 9.99. The van der Waals surface area contributed by atoms with Crippen LogP contribution >= 0.6 is 0 Å². The van der Waals surface area contributed by atoms with Gasteiger partial charge in [-0.1, -0.05) is 20.4 Å². The maximum absolute atomic E-state index is 13.9. The van der Waals surface area contributed by atoms with E-state index in [1.165, 1.54) is 14.2 Å². The van der Waals surface area contributed by atoms with Gasteiger partial charge in [0.2, 0.25) is 11.8 Å². The largest absolute Gasteiger partial charge is 0.483 e. The molecule has 1 rings (SSSR count). The standard InChI is InChI=1S/C17H23F3N2O2/c1-6-13(20)11(7-12(19)9-18)8-14-16(23-4)22-15(10(2)3)17(21-14)24-5/h6-7,10,14-15H,1,8-9H2,2-5H3/b12-7+,13-11-/t14-,15+/m1/s1. The first-order chi connectivity index (χ1) is 11.4. The number of hydrogen-bond acceptors (Lipinski definition) is 4. The Morgan fingerprint density at radius 1 is 1.21 bits per heavy atom. The highest BCUT2D eigenvalue weighted by Crippen LogP contribution is 2.25. The van der Waals surface area contributed by atoms with Crippen LogP contribution in [0.15, 0.2) is 45.9 Å². The molecule has 4 nitrogen and oxygen atoms in total. The van der Waals surface area contributed by atoms with Gasteiger partial charge in [0.15, 0.2) is 0 Å². The Morgan fingerprint density at radius 3 is 2.29 bits per heavy atom. The van der Waals surface area contributed by atoms with Crippen molar-refractivity contribution in [3.05, 3.63) is 36.0 Å². The van der Waals surface area contributed by atoms with Crippen molar-refractivity contribution in [2.24, 2.45) is 15.9 Å². The van der Waals surface area contributed by atoms with Crippen LogP contribution < -0.4 is 0 Å². The fraction of sp³-hybridized carbons (Fsp3) is 0.529. The van der Waals surface area contributed by atoms with Gasteiger partial charge in [-0.2, -0.15) is 0 Å². The molecule has 0 spiro atoms. The Hall–Kier alpha value is -2.05. The average molecular weight is 344 g/mol. The molecule has 0 amide bonds. The van der Waals surface area contributed by atoms with E-state index in [-0.39, 0.29) is 29.9 Å². The summed E-state index contributed by atoms with van der Waals surface area (Å²) >= 11 is 0. The van der Waals surface area contributed by atoms with Crippen LogP contribution in [0.5, 0.6) is 0 Å². The highest BCUT2D eigenvalue weighted by molar-refractivity contribution is 5.94. The normalized spacial score (nSPS) is 22.6. The fourth-order valence-electron chi connectivity index (χ4n) is 2.29. The van der Waals surface area contributed by atoms with E-state index >= 15 is 0 Å². The second-order valence-electron chi connectivity index (χ2n) is 5.55. The summed E-state index contributed by atoms with van der Waals surface area (Å²) in [6, 6.07) is -1.000. The molecular formula is C17H23F3N2O2. The van der Waals surface area contributed by atoms with Crippen molar-refractivity contribution in [1.29, 1.82) is 0 Å². The first kappa shape index (κ1) is 20.0. The molecule has 0 aromatic carbocycles. The lowest BCUT2D eigenvalue weighted by molar-refractivity contribution is 0.332. The Labute approximate surface area is 140 Å². The molecule has 0 saturated heterocycles. The summed E-state index contributed by atoms with van der Waals surface area (Å²) in [4.78, 5) is 8.85. The summed E-state index contributed by atoms with van der Waals surface area (Å²) < 4.78 is 50.1. The number of nitrogens with zero attached hydrogens (tertiary/aromatic N) is 2. The molecule has 0 radical (unpaired) electrons. The molecule has 0 aliphatic carbocycles. The number of halogens is 3. The molecule has 7 heteroatoms. The molecule has 0 aromatic heterocycles. The van der Waals surface area contributed by atoms with Gasteiger partial charge in [-0.05, 0) is 23.6 Å². The zero-order valence-electron chi connectivity index (χ0n) is 14.4. The van der Waals surface area contributed by atoms with Gasteiger partial charge >= 0.3 is 0 Å². The molecule has 0 saturated carbocycles. The first-order valence-electron chi connectivity index (χ1n) is 7.54. The number of hydrogen-bond donors (Lipinski definition) is 0. The summed E-state index contributed by atoms with van der Waals surface area (Å²) in [6.45, 7) is 5.91. The van der Waals surface area contributed by atoms with E-state index in [9.17, 15) is 13.2 Å². The molecule has 0 fully saturated rings. The van der Waals surface area contributed by atoms with Crippen molar-refractivity contribution in [3.63, 3.8) is 0 Å². The minimum atomic E-state index is -1.31. The van der Waals surface area contributed by atoms with E-state index in [0.29, 0.717) is 5.90 Å². The minimum Gasteiger partial charge on any atom is -0.483 e. The van der Waals surface area contributed by atoms with Crippen LogP contribution in [-0.2, 0) is 9.47 Å². The SMILES string of the molecule is C=C/C(F)=C(\C=C(\F)CF)C[C@H]1N=C(OC)[C@H](C(C)C)N=C1OC. The average Bonchev–Trinajstić information content (AvgIpc) is 2.59. The van der Waals surface area contributed by atoms with Gasteiger partial charge in [-0.25, -0.2) is 23.2 Å². The number of rotatable bonds is 6. The number of aliphatic imine (C=N–C) groups is 2. The van der Waals surface area contributed by atoms with Gasteiger partial charge in [-0.3, -0.25) is 0 Å². The molecule has 2 atom stereocenters. The van der Waals surface area contributed by atoms with Gasteiger partial charge in [0.25, 0.3) is 0 Å². The Balaban J connectivity index is 3.20. The summed E-state index contributed by atoms with van der Waals surface area (Å²) in [7, 11) is 2.91. The third-order valence-corrected chi connectivity index (χ3v) is 3.49. The predicted molar refractivity (Wildman–Crippen MR) is 89.4 cm³/mol. The van der Waals surface area contributed by atoms with E-state index in [4.69, 9.17) is 9.47 Å². The van der Waals surface area contributed by atoms with Crippen molar-refractivity contribution < 1.29 is 22.6 Å². The quantitative estimate of drug-likeness (QED) is 0.681. The lowest BCUT2D eigenvalue weighted by Crippen LogP contribution is -2.37. The molecule has 0 unspecified atom stereocenters. The summed E-state index contributed by atoms with van der Waals surface area (Å²) in [5.74, 6) is -1.03. The number of methoxy groups -OCH3 is 2. The monoisotopic (exact) mass is 344 g/mol. The van der Waals surface area contributed by atoms with Gasteiger partial charge in [0.05, 0.1) is 14.2 Å². The van der Waals surface area contributed by atoms with Crippen LogP contribution in [0.25, 0.3) is 0 Å². The maximum atomic E-state index is 13.9. The Bertz CT molecular complexity index is 580. The second kappa shape index (κ2) is 9.30. The first-order valence-corrected chi connectivity index (χ1v) is 7.54. The van der Waals surface area contributed by atoms with Crippen molar-refractivity contribution >= 4 is 11.8 Å². The fourth-order valence-corrected chi connectivity index (χ4v) is 2.29. The smallest absolute Gasteiger partial charge is 0.209 e. The van der Waals surface area contributed by atoms with E-state index in [2.05, 4.69) is 16.6 Å². The van der Waals surface area contributed by atoms with Crippen LogP contribution in [0.1, 0.15) is 20.3 Å². The molecule has 1 heterocycles. The molecule has 1 aliphatic heterocycles. The Kier molecular flexibility index (Phi) is 7.74. The van der Waals surface area contributed by atoms with Crippen molar-refractivity contribution in [2.75, 3.05) is 20.9 Å². The number of alkyl halides is 1. The lowest BCUT2D eigenvalue weighted by Gasteiger charge is -2.27. The highest BCUT2D eigenvalue weighted by atomic mass is 19.2. The van der Waals surface area contributed by atoms with Crippen LogP contribution in [0.2, 0.25) is 0 Å². The van der Waals surface area contributed by atoms with Crippen LogP contribution in [0.4, 0.5) is 13.2 Å². The van der Waals surface area contributed by atoms with Crippen molar-refractivity contribution in [2.45, 2.75) is 32.4 Å². The summed E-state index contributed by atoms with van der Waals surface area (Å²) in [6.07, 6.45) is 1.68. The minimum absolute atomic E-state index is 0.0599. The molecule has 1 aliphatic rings. The Morgan fingerprint density at radius 2 is 1.83 bits per heavy atom. The molecule has 24 heavy (non-hydrogen) atoms. The van der Waals surface area contributed by atoms with Gasteiger partial charge < -0.3 is 9.47 Å².